The average Bonchev–Trinajstić information content (AvgIpc) is 2.36. The van der Waals surface area contributed by atoms with Gasteiger partial charge in [0.2, 0.25) is 0 Å². The van der Waals surface area contributed by atoms with Gasteiger partial charge in [0.25, 0.3) is 0 Å². The van der Waals surface area contributed by atoms with Crippen molar-refractivity contribution in [3.8, 4) is 5.75 Å². The Balaban J connectivity index is 2.03. The minimum atomic E-state index is -4.69. The van der Waals surface area contributed by atoms with Gasteiger partial charge in [0.1, 0.15) is 5.75 Å². The van der Waals surface area contributed by atoms with Gasteiger partial charge in [-0.15, -0.1) is 13.2 Å². The van der Waals surface area contributed by atoms with E-state index in [0.717, 1.165) is 5.56 Å². The summed E-state index contributed by atoms with van der Waals surface area (Å²) in [5.74, 6) is -0.262. The van der Waals surface area contributed by atoms with Crippen LogP contribution in [0.25, 0.3) is 0 Å². The number of alkyl halides is 3. The number of anilines is 1. The standard InChI is InChI=1S/C14H11ClF3NO/c15-13-7-2-1-4-10(13)9-19-11-5-3-6-12(8-11)20-14(16,17)18/h1-8,19H,9H2. The molecule has 2 aromatic carbocycles. The van der Waals surface area contributed by atoms with E-state index in [1.54, 1.807) is 12.1 Å². The predicted octanol–water partition coefficient (Wildman–Crippen LogP) is 4.85. The van der Waals surface area contributed by atoms with Gasteiger partial charge < -0.3 is 10.1 Å². The van der Waals surface area contributed by atoms with Gasteiger partial charge in [0.05, 0.1) is 0 Å². The molecule has 0 spiro atoms. The first-order chi connectivity index (χ1) is 9.44. The van der Waals surface area contributed by atoms with Gasteiger partial charge in [0.15, 0.2) is 0 Å². The summed E-state index contributed by atoms with van der Waals surface area (Å²) >= 11 is 6.00. The molecular weight excluding hydrogens is 291 g/mol. The van der Waals surface area contributed by atoms with Crippen LogP contribution in [0.2, 0.25) is 5.02 Å². The Morgan fingerprint density at radius 2 is 1.80 bits per heavy atom. The predicted molar refractivity (Wildman–Crippen MR) is 71.9 cm³/mol. The van der Waals surface area contributed by atoms with Crippen molar-refractivity contribution in [3.63, 3.8) is 0 Å². The van der Waals surface area contributed by atoms with Gasteiger partial charge in [-0.2, -0.15) is 0 Å². The Hall–Kier alpha value is -1.88. The van der Waals surface area contributed by atoms with Crippen LogP contribution < -0.4 is 10.1 Å². The molecule has 0 heterocycles. The molecule has 0 aliphatic heterocycles. The van der Waals surface area contributed by atoms with Crippen LogP contribution in [0.4, 0.5) is 18.9 Å². The second kappa shape index (κ2) is 6.05. The van der Waals surface area contributed by atoms with Gasteiger partial charge in [-0.1, -0.05) is 35.9 Å². The van der Waals surface area contributed by atoms with Crippen molar-refractivity contribution in [2.75, 3.05) is 5.32 Å². The maximum atomic E-state index is 12.1. The molecule has 1 N–H and O–H groups in total. The monoisotopic (exact) mass is 301 g/mol. The van der Waals surface area contributed by atoms with Crippen LogP contribution in [0.5, 0.6) is 5.75 Å². The van der Waals surface area contributed by atoms with Crippen molar-refractivity contribution < 1.29 is 17.9 Å². The highest BCUT2D eigenvalue weighted by Gasteiger charge is 2.31. The zero-order valence-electron chi connectivity index (χ0n) is 10.2. The maximum absolute atomic E-state index is 12.1. The van der Waals surface area contributed by atoms with Gasteiger partial charge in [0, 0.05) is 23.3 Å². The minimum Gasteiger partial charge on any atom is -0.406 e. The van der Waals surface area contributed by atoms with Crippen LogP contribution in [0, 0.1) is 0 Å². The third-order valence-electron chi connectivity index (χ3n) is 2.51. The van der Waals surface area contributed by atoms with Crippen LogP contribution in [-0.2, 0) is 6.54 Å². The summed E-state index contributed by atoms with van der Waals surface area (Å²) in [7, 11) is 0. The van der Waals surface area contributed by atoms with E-state index < -0.39 is 6.36 Å². The zero-order chi connectivity index (χ0) is 14.6. The number of ether oxygens (including phenoxy) is 1. The van der Waals surface area contributed by atoms with Crippen molar-refractivity contribution in [2.24, 2.45) is 0 Å². The molecule has 0 unspecified atom stereocenters. The second-order valence-corrected chi connectivity index (χ2v) is 4.43. The second-order valence-electron chi connectivity index (χ2n) is 4.02. The number of rotatable bonds is 4. The number of benzene rings is 2. The fourth-order valence-corrected chi connectivity index (χ4v) is 1.84. The molecule has 0 aliphatic rings. The lowest BCUT2D eigenvalue weighted by Crippen LogP contribution is -2.17. The highest BCUT2D eigenvalue weighted by Crippen LogP contribution is 2.25. The summed E-state index contributed by atoms with van der Waals surface area (Å²) in [5, 5.41) is 3.60. The van der Waals surface area contributed by atoms with E-state index >= 15 is 0 Å². The first-order valence-corrected chi connectivity index (χ1v) is 6.15. The zero-order valence-corrected chi connectivity index (χ0v) is 11.0. The van der Waals surface area contributed by atoms with E-state index in [2.05, 4.69) is 10.1 Å². The fourth-order valence-electron chi connectivity index (χ4n) is 1.64. The van der Waals surface area contributed by atoms with E-state index in [1.807, 2.05) is 18.2 Å². The Bertz CT molecular complexity index is 587. The van der Waals surface area contributed by atoms with Crippen molar-refractivity contribution >= 4 is 17.3 Å². The molecule has 0 bridgehead atoms. The van der Waals surface area contributed by atoms with Crippen molar-refractivity contribution in [2.45, 2.75) is 12.9 Å². The van der Waals surface area contributed by atoms with Crippen LogP contribution in [0.3, 0.4) is 0 Å². The first kappa shape index (κ1) is 14.5. The summed E-state index contributed by atoms with van der Waals surface area (Å²) in [6.45, 7) is 0.412. The molecule has 0 saturated heterocycles. The Morgan fingerprint density at radius 3 is 2.50 bits per heavy atom. The van der Waals surface area contributed by atoms with Crippen LogP contribution in [0.1, 0.15) is 5.56 Å². The third-order valence-corrected chi connectivity index (χ3v) is 2.88. The Kier molecular flexibility index (Phi) is 4.39. The minimum absolute atomic E-state index is 0.262. The largest absolute Gasteiger partial charge is 0.573 e. The smallest absolute Gasteiger partial charge is 0.406 e. The van der Waals surface area contributed by atoms with Gasteiger partial charge in [-0.3, -0.25) is 0 Å². The highest BCUT2D eigenvalue weighted by molar-refractivity contribution is 6.31. The van der Waals surface area contributed by atoms with Gasteiger partial charge in [-0.05, 0) is 23.8 Å². The molecule has 0 fully saturated rings. The molecule has 0 radical (unpaired) electrons. The van der Waals surface area contributed by atoms with Gasteiger partial charge in [-0.25, -0.2) is 0 Å². The molecule has 0 amide bonds. The van der Waals surface area contributed by atoms with E-state index in [0.29, 0.717) is 17.3 Å². The number of hydrogen-bond acceptors (Lipinski definition) is 2. The summed E-state index contributed by atoms with van der Waals surface area (Å²) in [6, 6.07) is 12.9. The lowest BCUT2D eigenvalue weighted by Gasteiger charge is -2.11. The average molecular weight is 302 g/mol. The normalized spacial score (nSPS) is 11.2. The van der Waals surface area contributed by atoms with Gasteiger partial charge >= 0.3 is 6.36 Å². The van der Waals surface area contributed by atoms with Crippen LogP contribution in [0.15, 0.2) is 48.5 Å². The lowest BCUT2D eigenvalue weighted by atomic mass is 10.2. The number of hydrogen-bond donors (Lipinski definition) is 1. The molecule has 2 rings (SSSR count). The van der Waals surface area contributed by atoms with E-state index in [1.165, 1.54) is 18.2 Å². The first-order valence-electron chi connectivity index (χ1n) is 5.77. The van der Waals surface area contributed by atoms with E-state index in [4.69, 9.17) is 11.6 Å². The Labute approximate surface area is 119 Å². The van der Waals surface area contributed by atoms with Crippen molar-refractivity contribution in [1.82, 2.24) is 0 Å². The lowest BCUT2D eigenvalue weighted by molar-refractivity contribution is -0.274. The Morgan fingerprint density at radius 1 is 1.05 bits per heavy atom. The molecule has 2 aromatic rings. The highest BCUT2D eigenvalue weighted by atomic mass is 35.5. The summed E-state index contributed by atoms with van der Waals surface area (Å²) in [5.41, 5.74) is 1.38. The molecule has 106 valence electrons. The maximum Gasteiger partial charge on any atom is 0.573 e. The molecule has 2 nitrogen and oxygen atoms in total. The molecule has 20 heavy (non-hydrogen) atoms. The molecule has 0 aliphatic carbocycles. The summed E-state index contributed by atoms with van der Waals surface area (Å²) in [6.07, 6.45) is -4.69. The molecule has 0 saturated carbocycles. The fraction of sp³-hybridized carbons (Fsp3) is 0.143. The van der Waals surface area contributed by atoms with Crippen molar-refractivity contribution in [3.05, 3.63) is 59.1 Å². The molecular formula is C14H11ClF3NO. The topological polar surface area (TPSA) is 21.3 Å². The quantitative estimate of drug-likeness (QED) is 0.871. The van der Waals surface area contributed by atoms with E-state index in [9.17, 15) is 13.2 Å². The third kappa shape index (κ3) is 4.35. The molecule has 0 atom stereocenters. The SMILES string of the molecule is FC(F)(F)Oc1cccc(NCc2ccccc2Cl)c1. The molecule has 0 aromatic heterocycles. The van der Waals surface area contributed by atoms with E-state index in [-0.39, 0.29) is 5.75 Å². The van der Waals surface area contributed by atoms with Crippen LogP contribution in [-0.4, -0.2) is 6.36 Å². The number of halogens is 4. The van der Waals surface area contributed by atoms with Crippen molar-refractivity contribution in [1.29, 1.82) is 0 Å². The molecule has 6 heteroatoms. The van der Waals surface area contributed by atoms with Crippen LogP contribution >= 0.6 is 11.6 Å². The number of nitrogens with one attached hydrogen (secondary N) is 1. The summed E-state index contributed by atoms with van der Waals surface area (Å²) in [4.78, 5) is 0. The summed E-state index contributed by atoms with van der Waals surface area (Å²) < 4.78 is 40.2.